The number of fused-ring (bicyclic) bond motifs is 1. The van der Waals surface area contributed by atoms with E-state index in [0.29, 0.717) is 50.8 Å². The number of amides is 3. The van der Waals surface area contributed by atoms with Crippen molar-refractivity contribution in [2.75, 3.05) is 19.7 Å². The van der Waals surface area contributed by atoms with E-state index in [-0.39, 0.29) is 12.8 Å². The van der Waals surface area contributed by atoms with Crippen molar-refractivity contribution >= 4 is 34.6 Å². The molecular weight excluding hydrogens is 506 g/mol. The van der Waals surface area contributed by atoms with Crippen molar-refractivity contribution in [1.29, 1.82) is 0 Å². The third kappa shape index (κ3) is 9.94. The first-order valence-corrected chi connectivity index (χ1v) is 13.2. The Morgan fingerprint density at radius 3 is 2.05 bits per heavy atom. The second-order valence-corrected chi connectivity index (χ2v) is 9.44. The third-order valence-electron chi connectivity index (χ3n) is 6.42. The van der Waals surface area contributed by atoms with Gasteiger partial charge in [0.2, 0.25) is 17.7 Å². The lowest BCUT2D eigenvalue weighted by Gasteiger charge is -2.24. The molecule has 12 N–H and O–H groups in total. The number of aliphatic hydroxyl groups is 1. The van der Waals surface area contributed by atoms with Crippen LogP contribution in [0.4, 0.5) is 0 Å². The molecule has 4 unspecified atom stereocenters. The van der Waals surface area contributed by atoms with E-state index >= 15 is 0 Å². The minimum Gasteiger partial charge on any atom is -0.480 e. The molecule has 1 heterocycles. The van der Waals surface area contributed by atoms with E-state index in [4.69, 9.17) is 17.2 Å². The summed E-state index contributed by atoms with van der Waals surface area (Å²) >= 11 is 0. The zero-order valence-corrected chi connectivity index (χ0v) is 22.0. The molecule has 0 saturated carbocycles. The van der Waals surface area contributed by atoms with Crippen LogP contribution in [0.25, 0.3) is 10.9 Å². The number of rotatable bonds is 18. The Kier molecular flexibility index (Phi) is 13.4. The highest BCUT2D eigenvalue weighted by atomic mass is 16.4. The topological polar surface area (TPSA) is 239 Å². The van der Waals surface area contributed by atoms with E-state index in [2.05, 4.69) is 20.9 Å². The molecule has 0 aliphatic rings. The lowest BCUT2D eigenvalue weighted by molar-refractivity contribution is -0.142. The quantitative estimate of drug-likeness (QED) is 0.102. The number of unbranched alkanes of at least 4 members (excludes halogenated alkanes) is 2. The van der Waals surface area contributed by atoms with E-state index in [1.54, 1.807) is 6.20 Å². The molecule has 0 aliphatic heterocycles. The van der Waals surface area contributed by atoms with Crippen LogP contribution in [0.2, 0.25) is 0 Å². The third-order valence-corrected chi connectivity index (χ3v) is 6.42. The SMILES string of the molecule is NCCCCC(N)C(=O)NC(CO)C(=O)NC(CCCCN)C(=O)NC(Cc1c[nH]c2ccccc12)C(=O)O. The van der Waals surface area contributed by atoms with Gasteiger partial charge in [0.05, 0.1) is 12.6 Å². The summed E-state index contributed by atoms with van der Waals surface area (Å²) in [6, 6.07) is 2.80. The van der Waals surface area contributed by atoms with Gasteiger partial charge in [0.25, 0.3) is 0 Å². The normalized spacial score (nSPS) is 14.3. The smallest absolute Gasteiger partial charge is 0.326 e. The van der Waals surface area contributed by atoms with Gasteiger partial charge in [-0.25, -0.2) is 4.79 Å². The van der Waals surface area contributed by atoms with Crippen molar-refractivity contribution in [3.05, 3.63) is 36.0 Å². The molecule has 4 atom stereocenters. The summed E-state index contributed by atoms with van der Waals surface area (Å²) < 4.78 is 0. The van der Waals surface area contributed by atoms with E-state index in [0.717, 1.165) is 10.9 Å². The lowest BCUT2D eigenvalue weighted by Crippen LogP contribution is -2.58. The molecule has 0 fully saturated rings. The summed E-state index contributed by atoms with van der Waals surface area (Å²) in [5.41, 5.74) is 18.4. The van der Waals surface area contributed by atoms with Crippen molar-refractivity contribution in [3.8, 4) is 0 Å². The summed E-state index contributed by atoms with van der Waals surface area (Å²) in [6.45, 7) is 0.120. The zero-order valence-electron chi connectivity index (χ0n) is 22.0. The number of hydrogen-bond donors (Lipinski definition) is 9. The molecule has 0 radical (unpaired) electrons. The number of aliphatic carboxylic acids is 1. The number of para-hydroxylation sites is 1. The molecule has 3 amide bonds. The molecule has 2 rings (SSSR count). The number of carbonyl (C=O) groups is 4. The summed E-state index contributed by atoms with van der Waals surface area (Å²) in [5.74, 6) is -3.34. The van der Waals surface area contributed by atoms with Crippen LogP contribution < -0.4 is 33.2 Å². The predicted octanol–water partition coefficient (Wildman–Crippen LogP) is -1.17. The molecule has 0 aliphatic carbocycles. The van der Waals surface area contributed by atoms with E-state index in [9.17, 15) is 29.4 Å². The van der Waals surface area contributed by atoms with Crippen LogP contribution in [0.1, 0.15) is 44.1 Å². The fourth-order valence-electron chi connectivity index (χ4n) is 4.14. The number of H-pyrrole nitrogens is 1. The minimum absolute atomic E-state index is 0.0198. The first kappa shape index (κ1) is 31.7. The Morgan fingerprint density at radius 2 is 1.41 bits per heavy atom. The summed E-state index contributed by atoms with van der Waals surface area (Å²) in [5, 5.41) is 27.8. The molecular formula is C26H41N7O6. The average Bonchev–Trinajstić information content (AvgIpc) is 3.33. The van der Waals surface area contributed by atoms with Gasteiger partial charge in [-0.05, 0) is 56.8 Å². The van der Waals surface area contributed by atoms with Gasteiger partial charge >= 0.3 is 5.97 Å². The van der Waals surface area contributed by atoms with Crippen molar-refractivity contribution in [1.82, 2.24) is 20.9 Å². The highest BCUT2D eigenvalue weighted by Gasteiger charge is 2.30. The standard InChI is InChI=1S/C26H41N7O6/c27-11-5-3-8-18(29)23(35)33-22(15-34)25(37)31-20(10-4-6-12-28)24(36)32-21(26(38)39)13-16-14-30-19-9-2-1-7-17(16)19/h1-2,7,9,14,18,20-22,30,34H,3-6,8,10-13,15,27-29H2,(H,31,37)(H,32,36)(H,33,35)(H,38,39). The van der Waals surface area contributed by atoms with Gasteiger partial charge < -0.3 is 48.3 Å². The van der Waals surface area contributed by atoms with Crippen LogP contribution >= 0.6 is 0 Å². The first-order chi connectivity index (χ1) is 18.7. The van der Waals surface area contributed by atoms with Gasteiger partial charge in [-0.3, -0.25) is 14.4 Å². The minimum atomic E-state index is -1.34. The van der Waals surface area contributed by atoms with Crippen LogP contribution in [-0.2, 0) is 25.6 Å². The van der Waals surface area contributed by atoms with Crippen LogP contribution in [0.3, 0.4) is 0 Å². The Bertz CT molecular complexity index is 1090. The second kappa shape index (κ2) is 16.4. The number of nitrogens with one attached hydrogen (secondary N) is 4. The second-order valence-electron chi connectivity index (χ2n) is 9.44. The summed E-state index contributed by atoms with van der Waals surface area (Å²) in [7, 11) is 0. The van der Waals surface area contributed by atoms with Gasteiger partial charge in [-0.1, -0.05) is 24.6 Å². The average molecular weight is 548 g/mol. The van der Waals surface area contributed by atoms with Crippen molar-refractivity contribution in [3.63, 3.8) is 0 Å². The number of nitrogens with two attached hydrogens (primary N) is 3. The van der Waals surface area contributed by atoms with Gasteiger partial charge in [0.15, 0.2) is 0 Å². The Balaban J connectivity index is 2.09. The molecule has 0 bridgehead atoms. The van der Waals surface area contributed by atoms with Gasteiger partial charge in [0.1, 0.15) is 18.1 Å². The maximum atomic E-state index is 13.2. The molecule has 1 aromatic heterocycles. The zero-order chi connectivity index (χ0) is 28.8. The molecule has 216 valence electrons. The number of carbonyl (C=O) groups excluding carboxylic acids is 3. The molecule has 0 spiro atoms. The number of hydrogen-bond acceptors (Lipinski definition) is 8. The van der Waals surface area contributed by atoms with Crippen LogP contribution in [0.15, 0.2) is 30.5 Å². The molecule has 2 aromatic rings. The lowest BCUT2D eigenvalue weighted by atomic mass is 10.0. The predicted molar refractivity (Wildman–Crippen MR) is 146 cm³/mol. The van der Waals surface area contributed by atoms with Crippen molar-refractivity contribution < 1.29 is 29.4 Å². The molecule has 13 heteroatoms. The molecule has 0 saturated heterocycles. The number of aromatic nitrogens is 1. The van der Waals surface area contributed by atoms with Crippen molar-refractivity contribution in [2.45, 2.75) is 69.1 Å². The van der Waals surface area contributed by atoms with Gasteiger partial charge in [-0.15, -0.1) is 0 Å². The Hall–Kier alpha value is -3.52. The highest BCUT2D eigenvalue weighted by Crippen LogP contribution is 2.19. The molecule has 13 nitrogen and oxygen atoms in total. The number of benzene rings is 1. The van der Waals surface area contributed by atoms with E-state index in [1.165, 1.54) is 0 Å². The van der Waals surface area contributed by atoms with E-state index in [1.807, 2.05) is 24.3 Å². The summed E-state index contributed by atoms with van der Waals surface area (Å²) in [4.78, 5) is 53.5. The van der Waals surface area contributed by atoms with E-state index < -0.39 is 54.5 Å². The monoisotopic (exact) mass is 547 g/mol. The number of carboxylic acid groups (broad SMARTS) is 1. The maximum Gasteiger partial charge on any atom is 0.326 e. The number of carboxylic acids is 1. The number of aliphatic hydroxyl groups excluding tert-OH is 1. The fourth-order valence-corrected chi connectivity index (χ4v) is 4.14. The fraction of sp³-hybridized carbons (Fsp3) is 0.538. The summed E-state index contributed by atoms with van der Waals surface area (Å²) in [6.07, 6.45) is 4.65. The van der Waals surface area contributed by atoms with Gasteiger partial charge in [0, 0.05) is 23.5 Å². The highest BCUT2D eigenvalue weighted by molar-refractivity contribution is 5.94. The number of aromatic amines is 1. The van der Waals surface area contributed by atoms with Gasteiger partial charge in [-0.2, -0.15) is 0 Å². The largest absolute Gasteiger partial charge is 0.480 e. The van der Waals surface area contributed by atoms with Crippen molar-refractivity contribution in [2.24, 2.45) is 17.2 Å². The van der Waals surface area contributed by atoms with Crippen LogP contribution in [0.5, 0.6) is 0 Å². The molecule has 1 aromatic carbocycles. The van der Waals surface area contributed by atoms with Crippen LogP contribution in [0, 0.1) is 0 Å². The Morgan fingerprint density at radius 1 is 0.821 bits per heavy atom. The van der Waals surface area contributed by atoms with Crippen LogP contribution in [-0.4, -0.2) is 82.8 Å². The first-order valence-electron chi connectivity index (χ1n) is 13.2. The maximum absolute atomic E-state index is 13.2. The Labute approximate surface area is 227 Å². The molecule has 39 heavy (non-hydrogen) atoms.